The smallest absolute Gasteiger partial charge is 0.203 e. The summed E-state index contributed by atoms with van der Waals surface area (Å²) >= 11 is 10.6. The minimum Gasteiger partial charge on any atom is -0.374 e. The average Bonchev–Trinajstić information content (AvgIpc) is 2.51. The van der Waals surface area contributed by atoms with Gasteiger partial charge < -0.3 is 5.73 Å². The molecule has 6 heteroatoms. The number of benzene rings is 1. The largest absolute Gasteiger partial charge is 0.374 e. The lowest BCUT2D eigenvalue weighted by Gasteiger charge is -1.99. The van der Waals surface area contributed by atoms with Gasteiger partial charge in [0.15, 0.2) is 5.01 Å². The van der Waals surface area contributed by atoms with Crippen molar-refractivity contribution in [2.75, 3.05) is 5.73 Å². The van der Waals surface area contributed by atoms with Crippen LogP contribution in [0.25, 0.3) is 10.6 Å². The van der Waals surface area contributed by atoms with Gasteiger partial charge in [0.25, 0.3) is 0 Å². The zero-order valence-corrected chi connectivity index (χ0v) is 10.0. The molecule has 0 aliphatic carbocycles. The normalized spacial score (nSPS) is 10.4. The Morgan fingerprint density at radius 3 is 2.71 bits per heavy atom. The average molecular weight is 291 g/mol. The molecule has 0 saturated carbocycles. The number of aromatic nitrogens is 2. The minimum atomic E-state index is 0.460. The Morgan fingerprint density at radius 1 is 1.36 bits per heavy atom. The third-order valence-corrected chi connectivity index (χ3v) is 3.28. The van der Waals surface area contributed by atoms with Gasteiger partial charge in [0.2, 0.25) is 5.13 Å². The van der Waals surface area contributed by atoms with Crippen LogP contribution in [0, 0.1) is 0 Å². The molecule has 72 valence electrons. The molecule has 2 rings (SSSR count). The number of halogens is 2. The van der Waals surface area contributed by atoms with Gasteiger partial charge in [0.05, 0.1) is 0 Å². The van der Waals surface area contributed by atoms with Gasteiger partial charge in [0, 0.05) is 15.1 Å². The predicted molar refractivity (Wildman–Crippen MR) is 62.5 cm³/mol. The number of hydrogen-bond acceptors (Lipinski definition) is 4. The van der Waals surface area contributed by atoms with E-state index in [1.807, 2.05) is 12.1 Å². The summed E-state index contributed by atoms with van der Waals surface area (Å²) in [6.07, 6.45) is 0. The van der Waals surface area contributed by atoms with Gasteiger partial charge in [-0.2, -0.15) is 0 Å². The van der Waals surface area contributed by atoms with Crippen LogP contribution in [0.5, 0.6) is 0 Å². The lowest BCUT2D eigenvalue weighted by molar-refractivity contribution is 1.10. The fourth-order valence-electron chi connectivity index (χ4n) is 1.01. The summed E-state index contributed by atoms with van der Waals surface area (Å²) in [5.74, 6) is 0. The predicted octanol–water partition coefficient (Wildman–Crippen LogP) is 3.20. The third-order valence-electron chi connectivity index (χ3n) is 1.60. The van der Waals surface area contributed by atoms with Crippen molar-refractivity contribution in [1.29, 1.82) is 0 Å². The number of nitrogen functional groups attached to an aromatic ring is 1. The fourth-order valence-corrected chi connectivity index (χ4v) is 2.66. The zero-order valence-electron chi connectivity index (χ0n) is 6.87. The molecule has 0 fully saturated rings. The van der Waals surface area contributed by atoms with E-state index in [9.17, 15) is 0 Å². The molecule has 0 amide bonds. The van der Waals surface area contributed by atoms with E-state index in [0.717, 1.165) is 15.0 Å². The minimum absolute atomic E-state index is 0.460. The van der Waals surface area contributed by atoms with Crippen LogP contribution in [-0.4, -0.2) is 10.2 Å². The molecular weight excluding hydrogens is 286 g/mol. The highest BCUT2D eigenvalue weighted by Gasteiger charge is 2.08. The zero-order chi connectivity index (χ0) is 10.1. The molecule has 0 saturated heterocycles. The summed E-state index contributed by atoms with van der Waals surface area (Å²) in [6.45, 7) is 0. The molecule has 0 atom stereocenters. The summed E-state index contributed by atoms with van der Waals surface area (Å²) in [4.78, 5) is 0. The van der Waals surface area contributed by atoms with E-state index in [1.54, 1.807) is 6.07 Å². The van der Waals surface area contributed by atoms with Crippen molar-refractivity contribution in [2.24, 2.45) is 0 Å². The highest BCUT2D eigenvalue weighted by molar-refractivity contribution is 9.10. The second kappa shape index (κ2) is 3.84. The van der Waals surface area contributed by atoms with Crippen LogP contribution in [0.2, 0.25) is 5.02 Å². The molecule has 1 aromatic heterocycles. The van der Waals surface area contributed by atoms with Gasteiger partial charge in [-0.25, -0.2) is 0 Å². The maximum absolute atomic E-state index is 5.82. The summed E-state index contributed by atoms with van der Waals surface area (Å²) in [7, 11) is 0. The molecular formula is C8H5BrClN3S. The first-order chi connectivity index (χ1) is 6.66. The molecule has 14 heavy (non-hydrogen) atoms. The first-order valence-electron chi connectivity index (χ1n) is 3.71. The number of nitrogens with zero attached hydrogens (tertiary/aromatic N) is 2. The van der Waals surface area contributed by atoms with Gasteiger partial charge >= 0.3 is 0 Å². The van der Waals surface area contributed by atoms with Crippen molar-refractivity contribution in [3.8, 4) is 10.6 Å². The van der Waals surface area contributed by atoms with E-state index >= 15 is 0 Å². The van der Waals surface area contributed by atoms with E-state index in [1.165, 1.54) is 11.3 Å². The Morgan fingerprint density at radius 2 is 2.14 bits per heavy atom. The monoisotopic (exact) mass is 289 g/mol. The van der Waals surface area contributed by atoms with Crippen LogP contribution in [0.1, 0.15) is 0 Å². The van der Waals surface area contributed by atoms with E-state index in [-0.39, 0.29) is 0 Å². The molecule has 0 radical (unpaired) electrons. The Labute approximate surface area is 98.0 Å². The first-order valence-corrected chi connectivity index (χ1v) is 5.70. The molecule has 0 unspecified atom stereocenters. The van der Waals surface area contributed by atoms with Crippen LogP contribution in [-0.2, 0) is 0 Å². The van der Waals surface area contributed by atoms with Crippen molar-refractivity contribution >= 4 is 44.0 Å². The van der Waals surface area contributed by atoms with Crippen LogP contribution >= 0.6 is 38.9 Å². The summed E-state index contributed by atoms with van der Waals surface area (Å²) in [5.41, 5.74) is 6.45. The summed E-state index contributed by atoms with van der Waals surface area (Å²) in [5, 5.41) is 9.62. The maximum Gasteiger partial charge on any atom is 0.203 e. The molecule has 0 spiro atoms. The molecule has 0 bridgehead atoms. The lowest BCUT2D eigenvalue weighted by Crippen LogP contribution is -1.80. The second-order valence-corrected chi connectivity index (χ2v) is 4.87. The number of anilines is 1. The highest BCUT2D eigenvalue weighted by atomic mass is 79.9. The van der Waals surface area contributed by atoms with E-state index in [2.05, 4.69) is 26.1 Å². The molecule has 1 aromatic carbocycles. The third kappa shape index (κ3) is 1.89. The maximum atomic E-state index is 5.82. The quantitative estimate of drug-likeness (QED) is 0.877. The van der Waals surface area contributed by atoms with E-state index in [0.29, 0.717) is 10.2 Å². The van der Waals surface area contributed by atoms with E-state index < -0.39 is 0 Å². The van der Waals surface area contributed by atoms with E-state index in [4.69, 9.17) is 17.3 Å². The Hall–Kier alpha value is -0.650. The standard InChI is InChI=1S/C8H5BrClN3S/c9-6-3-4(10)1-2-5(6)7-12-13-8(11)14-7/h1-3H,(H2,11,13). The van der Waals surface area contributed by atoms with Crippen LogP contribution in [0.15, 0.2) is 22.7 Å². The molecule has 2 aromatic rings. The lowest BCUT2D eigenvalue weighted by atomic mass is 10.2. The van der Waals surface area contributed by atoms with Gasteiger partial charge in [-0.1, -0.05) is 38.9 Å². The van der Waals surface area contributed by atoms with Crippen molar-refractivity contribution in [2.45, 2.75) is 0 Å². The van der Waals surface area contributed by atoms with Crippen LogP contribution < -0.4 is 5.73 Å². The Bertz CT molecular complexity index is 471. The molecule has 0 aliphatic heterocycles. The van der Waals surface area contributed by atoms with Gasteiger partial charge in [-0.15, -0.1) is 10.2 Å². The van der Waals surface area contributed by atoms with Crippen LogP contribution in [0.3, 0.4) is 0 Å². The second-order valence-electron chi connectivity index (χ2n) is 2.57. The Balaban J connectivity index is 2.52. The van der Waals surface area contributed by atoms with Crippen LogP contribution in [0.4, 0.5) is 5.13 Å². The number of nitrogens with two attached hydrogens (primary N) is 1. The molecule has 1 heterocycles. The number of hydrogen-bond donors (Lipinski definition) is 1. The molecule has 3 nitrogen and oxygen atoms in total. The molecule has 2 N–H and O–H groups in total. The summed E-state index contributed by atoms with van der Waals surface area (Å²) in [6, 6.07) is 5.50. The SMILES string of the molecule is Nc1nnc(-c2ccc(Cl)cc2Br)s1. The van der Waals surface area contributed by atoms with Crippen molar-refractivity contribution < 1.29 is 0 Å². The van der Waals surface area contributed by atoms with Crippen molar-refractivity contribution in [1.82, 2.24) is 10.2 Å². The molecule has 0 aliphatic rings. The summed E-state index contributed by atoms with van der Waals surface area (Å²) < 4.78 is 0.890. The number of rotatable bonds is 1. The topological polar surface area (TPSA) is 51.8 Å². The van der Waals surface area contributed by atoms with Gasteiger partial charge in [0.1, 0.15) is 0 Å². The fraction of sp³-hybridized carbons (Fsp3) is 0. The van der Waals surface area contributed by atoms with Crippen molar-refractivity contribution in [3.63, 3.8) is 0 Å². The Kier molecular flexibility index (Phi) is 2.71. The first kappa shape index (κ1) is 9.89. The van der Waals surface area contributed by atoms with Gasteiger partial charge in [-0.05, 0) is 18.2 Å². The van der Waals surface area contributed by atoms with Gasteiger partial charge in [-0.3, -0.25) is 0 Å². The van der Waals surface area contributed by atoms with Crippen molar-refractivity contribution in [3.05, 3.63) is 27.7 Å². The highest BCUT2D eigenvalue weighted by Crippen LogP contribution is 2.32.